The fourth-order valence-corrected chi connectivity index (χ4v) is 6.79. The largest absolute Gasteiger partial charge is 0.593 e. The number of fused-ring (bicyclic) bond motifs is 1. The molecule has 13 nitrogen and oxygen atoms in total. The van der Waals surface area contributed by atoms with Crippen LogP contribution in [-0.2, 0) is 14.4 Å². The average molecular weight is 565 g/mol. The molecule has 4 rings (SSSR count). The summed E-state index contributed by atoms with van der Waals surface area (Å²) in [6.07, 6.45) is 1.16. The van der Waals surface area contributed by atoms with Crippen LogP contribution in [0.15, 0.2) is 58.7 Å². The third-order valence-corrected chi connectivity index (χ3v) is 8.65. The van der Waals surface area contributed by atoms with E-state index in [1.165, 1.54) is 35.2 Å². The number of nitrogens with one attached hydrogen (secondary N) is 3. The van der Waals surface area contributed by atoms with Crippen LogP contribution in [-0.4, -0.2) is 66.9 Å². The van der Waals surface area contributed by atoms with E-state index < -0.39 is 47.2 Å². The van der Waals surface area contributed by atoms with Gasteiger partial charge in [-0.2, -0.15) is 0 Å². The minimum Gasteiger partial charge on any atom is -0.593 e. The van der Waals surface area contributed by atoms with Crippen LogP contribution in [0.25, 0.3) is 0 Å². The highest BCUT2D eigenvalue weighted by atomic mass is 32.2. The fourth-order valence-electron chi connectivity index (χ4n) is 3.67. The van der Waals surface area contributed by atoms with Gasteiger partial charge in [0.15, 0.2) is 0 Å². The van der Waals surface area contributed by atoms with Crippen molar-refractivity contribution in [1.29, 1.82) is 0 Å². The lowest BCUT2D eigenvalue weighted by atomic mass is 10.0. The Morgan fingerprint density at radius 2 is 2.16 bits per heavy atom. The number of thiophene rings is 1. The Bertz CT molecular complexity index is 1290. The Morgan fingerprint density at radius 1 is 1.38 bits per heavy atom. The molecule has 37 heavy (non-hydrogen) atoms. The first-order valence-corrected chi connectivity index (χ1v) is 13.5. The van der Waals surface area contributed by atoms with Gasteiger partial charge in [0.25, 0.3) is 16.8 Å². The van der Waals surface area contributed by atoms with E-state index in [9.17, 15) is 34.6 Å². The van der Waals surface area contributed by atoms with Gasteiger partial charge in [-0.05, 0) is 39.8 Å². The maximum absolute atomic E-state index is 13.1. The highest BCUT2D eigenvalue weighted by Gasteiger charge is 2.54. The number of hydrogen-bond acceptors (Lipinski definition) is 10. The van der Waals surface area contributed by atoms with Crippen LogP contribution in [0.3, 0.4) is 0 Å². The van der Waals surface area contributed by atoms with Crippen LogP contribution in [0, 0.1) is 5.21 Å². The van der Waals surface area contributed by atoms with Crippen LogP contribution < -0.4 is 20.8 Å². The molecule has 1 saturated heterocycles. The highest BCUT2D eigenvalue weighted by molar-refractivity contribution is 8.01. The number of carboxylic acids is 1. The first-order chi connectivity index (χ1) is 17.7. The number of aliphatic carboxylic acids is 1. The molecule has 2 aromatic rings. The molecule has 0 aliphatic carbocycles. The minimum atomic E-state index is -1.31. The number of amides is 4. The molecular weight excluding hydrogens is 544 g/mol. The van der Waals surface area contributed by atoms with Crippen molar-refractivity contribution in [3.63, 3.8) is 0 Å². The van der Waals surface area contributed by atoms with Crippen LogP contribution in [0.4, 0.5) is 4.79 Å². The predicted octanol–water partition coefficient (Wildman–Crippen LogP) is 0.497. The zero-order valence-electron chi connectivity index (χ0n) is 18.8. The van der Waals surface area contributed by atoms with Crippen molar-refractivity contribution in [2.24, 2.45) is 0 Å². The average Bonchev–Trinajstić information content (AvgIpc) is 3.39. The van der Waals surface area contributed by atoms with E-state index in [0.717, 1.165) is 22.9 Å². The number of rotatable bonds is 9. The molecule has 0 spiro atoms. The second-order valence-electron chi connectivity index (χ2n) is 7.62. The Morgan fingerprint density at radius 3 is 2.81 bits per heavy atom. The molecule has 5 N–H and O–H groups in total. The molecule has 2 aliphatic heterocycles. The summed E-state index contributed by atoms with van der Waals surface area (Å²) in [4.78, 5) is 52.0. The maximum atomic E-state index is 13.1. The lowest BCUT2D eigenvalue weighted by molar-refractivity contribution is -0.707. The zero-order chi connectivity index (χ0) is 26.7. The highest BCUT2D eigenvalue weighted by Crippen LogP contribution is 2.41. The molecule has 16 heteroatoms. The number of carboxylic acid groups (broad SMARTS) is 1. The molecular formula is C21H20N6O7S3. The first kappa shape index (κ1) is 26.3. The summed E-state index contributed by atoms with van der Waals surface area (Å²) < 4.78 is 0. The molecule has 2 unspecified atom stereocenters. The number of urea groups is 1. The standard InChI is InChI=1S/C21H20N6O7S3/c1-2-22-21(33)24-14(11-4-3-7-35-11)17(29)23-15-18(30)26-16(20(31)32)10(9-37-19(15)26)8-36-13-6-5-12(28)25-27(13)34/h2-7,14-15,19H,1,8-9H2,(H,23,29)(H,25,28)(H,31,32)(H2,22,24,33)/t14?,15-,19?/m0/s1. The van der Waals surface area contributed by atoms with Gasteiger partial charge >= 0.3 is 12.0 Å². The lowest BCUT2D eigenvalue weighted by Crippen LogP contribution is -2.71. The van der Waals surface area contributed by atoms with Gasteiger partial charge < -0.3 is 31.4 Å². The van der Waals surface area contributed by atoms with E-state index in [1.54, 1.807) is 17.5 Å². The van der Waals surface area contributed by atoms with Gasteiger partial charge in [0, 0.05) is 28.5 Å². The predicted molar refractivity (Wildman–Crippen MR) is 134 cm³/mol. The molecule has 4 heterocycles. The minimum absolute atomic E-state index is 0.0969. The monoisotopic (exact) mass is 564 g/mol. The first-order valence-electron chi connectivity index (χ1n) is 10.6. The molecule has 0 radical (unpaired) electrons. The summed E-state index contributed by atoms with van der Waals surface area (Å²) in [7, 11) is 0. The molecule has 0 saturated carbocycles. The lowest BCUT2D eigenvalue weighted by Gasteiger charge is -2.49. The van der Waals surface area contributed by atoms with Gasteiger partial charge in [0.05, 0.1) is 5.10 Å². The van der Waals surface area contributed by atoms with E-state index in [1.807, 2.05) is 0 Å². The molecule has 4 amide bonds. The van der Waals surface area contributed by atoms with Crippen LogP contribution in [0.1, 0.15) is 10.9 Å². The van der Waals surface area contributed by atoms with E-state index >= 15 is 0 Å². The number of aromatic hydroxyl groups is 1. The Labute approximate surface area is 222 Å². The van der Waals surface area contributed by atoms with Gasteiger partial charge in [0.2, 0.25) is 5.91 Å². The van der Waals surface area contributed by atoms with Gasteiger partial charge in [-0.1, -0.05) is 12.6 Å². The van der Waals surface area contributed by atoms with E-state index in [0.29, 0.717) is 10.5 Å². The van der Waals surface area contributed by atoms with E-state index in [-0.39, 0.29) is 27.1 Å². The smallest absolute Gasteiger partial charge is 0.352 e. The van der Waals surface area contributed by atoms with E-state index in [4.69, 9.17) is 0 Å². The second kappa shape index (κ2) is 11.1. The summed E-state index contributed by atoms with van der Waals surface area (Å²) in [6.45, 7) is 3.40. The SMILES string of the molecule is C=CNC(=O)NC(C(=O)N[C@H]1C(=O)N2C(C(=O)O)=C(CSc3ccc(O)n[n+]3[O-])CSC12)c1cccs1. The second-order valence-corrected chi connectivity index (χ2v) is 10.7. The molecule has 3 atom stereocenters. The van der Waals surface area contributed by atoms with Gasteiger partial charge in [-0.15, -0.1) is 23.1 Å². The Hall–Kier alpha value is -3.76. The zero-order valence-corrected chi connectivity index (χ0v) is 21.3. The Balaban J connectivity index is 1.48. The summed E-state index contributed by atoms with van der Waals surface area (Å²) in [5.41, 5.74) is 0.221. The van der Waals surface area contributed by atoms with Crippen LogP contribution >= 0.6 is 34.9 Å². The number of carbonyl (C=O) groups excluding carboxylic acids is 3. The van der Waals surface area contributed by atoms with Crippen molar-refractivity contribution in [1.82, 2.24) is 25.9 Å². The molecule has 0 aromatic carbocycles. The summed E-state index contributed by atoms with van der Waals surface area (Å²) in [5.74, 6) is -2.64. The number of thioether (sulfide) groups is 2. The number of carbonyl (C=O) groups is 4. The molecule has 194 valence electrons. The third-order valence-electron chi connectivity index (χ3n) is 5.30. The quantitative estimate of drug-likeness (QED) is 0.124. The van der Waals surface area contributed by atoms with Gasteiger partial charge in [0.1, 0.15) is 23.2 Å². The molecule has 2 aromatic heterocycles. The molecule has 0 bridgehead atoms. The van der Waals surface area contributed by atoms with Gasteiger partial charge in [-0.3, -0.25) is 14.5 Å². The number of β-lactam (4-membered cyclic amide) rings is 1. The summed E-state index contributed by atoms with van der Waals surface area (Å²) >= 11 is 3.54. The summed E-state index contributed by atoms with van der Waals surface area (Å²) in [6, 6.07) is 3.25. The van der Waals surface area contributed by atoms with Crippen molar-refractivity contribution >= 4 is 58.7 Å². The number of aromatic nitrogens is 2. The fraction of sp³-hybridized carbons (Fsp3) is 0.238. The van der Waals surface area contributed by atoms with Crippen LogP contribution in [0.5, 0.6) is 5.88 Å². The van der Waals surface area contributed by atoms with Gasteiger partial charge in [-0.25, -0.2) is 9.59 Å². The van der Waals surface area contributed by atoms with Crippen LogP contribution in [0.2, 0.25) is 0 Å². The topological polar surface area (TPSA) is 188 Å². The number of nitrogens with zero attached hydrogens (tertiary/aromatic N) is 3. The van der Waals surface area contributed by atoms with E-state index in [2.05, 4.69) is 27.6 Å². The Kier molecular flexibility index (Phi) is 7.89. The van der Waals surface area contributed by atoms with Crippen molar-refractivity contribution in [3.8, 4) is 5.88 Å². The normalized spacial score (nSPS) is 19.4. The van der Waals surface area contributed by atoms with Crippen molar-refractivity contribution in [3.05, 3.63) is 63.8 Å². The van der Waals surface area contributed by atoms with Crippen molar-refractivity contribution < 1.29 is 34.2 Å². The van der Waals surface area contributed by atoms with Crippen molar-refractivity contribution in [2.45, 2.75) is 22.5 Å². The maximum Gasteiger partial charge on any atom is 0.352 e. The van der Waals surface area contributed by atoms with Crippen molar-refractivity contribution in [2.75, 3.05) is 11.5 Å². The number of hydrogen-bond donors (Lipinski definition) is 5. The molecule has 2 aliphatic rings. The third kappa shape index (κ3) is 5.50. The molecule has 1 fully saturated rings. The summed E-state index contributed by atoms with van der Waals surface area (Å²) in [5, 5.41) is 43.0.